The number of hydrogen-bond acceptors (Lipinski definition) is 5. The van der Waals surface area contributed by atoms with Crippen LogP contribution in [-0.2, 0) is 9.47 Å². The first-order valence-electron chi connectivity index (χ1n) is 12.0. The molecule has 0 saturated carbocycles. The summed E-state index contributed by atoms with van der Waals surface area (Å²) >= 11 is 0. The highest BCUT2D eigenvalue weighted by Gasteiger charge is 2.28. The smallest absolute Gasteiger partial charge is 0.410 e. The number of pyridine rings is 1. The summed E-state index contributed by atoms with van der Waals surface area (Å²) in [7, 11) is 0. The largest absolute Gasteiger partial charge is 0.444 e. The number of likely N-dealkylation sites (tertiary alicyclic amines) is 1. The van der Waals surface area contributed by atoms with Gasteiger partial charge in [0.25, 0.3) is 0 Å². The van der Waals surface area contributed by atoms with Crippen molar-refractivity contribution in [1.82, 2.24) is 24.3 Å². The van der Waals surface area contributed by atoms with Gasteiger partial charge in [0, 0.05) is 48.8 Å². The van der Waals surface area contributed by atoms with Gasteiger partial charge in [0.1, 0.15) is 11.8 Å². The summed E-state index contributed by atoms with van der Waals surface area (Å²) in [4.78, 5) is 14.2. The van der Waals surface area contributed by atoms with E-state index in [1.807, 2.05) is 47.3 Å². The van der Waals surface area contributed by atoms with Crippen molar-refractivity contribution in [3.05, 3.63) is 42.5 Å². The lowest BCUT2D eigenvalue weighted by atomic mass is 9.90. The molecule has 2 aliphatic heterocycles. The maximum atomic E-state index is 12.4. The Morgan fingerprint density at radius 1 is 1.03 bits per heavy atom. The van der Waals surface area contributed by atoms with Crippen molar-refractivity contribution >= 4 is 11.6 Å². The monoisotopic (exact) mass is 451 g/mol. The van der Waals surface area contributed by atoms with Crippen molar-refractivity contribution in [2.45, 2.75) is 70.6 Å². The molecule has 1 atom stereocenters. The number of nitrogens with zero attached hydrogens (tertiary/aromatic N) is 5. The van der Waals surface area contributed by atoms with Crippen molar-refractivity contribution in [2.24, 2.45) is 0 Å². The summed E-state index contributed by atoms with van der Waals surface area (Å²) in [5.41, 5.74) is 4.05. The van der Waals surface area contributed by atoms with Gasteiger partial charge in [0.05, 0.1) is 17.9 Å². The second-order valence-corrected chi connectivity index (χ2v) is 10.1. The van der Waals surface area contributed by atoms with E-state index in [2.05, 4.69) is 34.7 Å². The Bertz CT molecular complexity index is 1110. The Morgan fingerprint density at radius 3 is 2.58 bits per heavy atom. The van der Waals surface area contributed by atoms with Crippen molar-refractivity contribution in [3.8, 4) is 11.1 Å². The van der Waals surface area contributed by atoms with Gasteiger partial charge in [-0.2, -0.15) is 10.2 Å². The van der Waals surface area contributed by atoms with Gasteiger partial charge in [-0.15, -0.1) is 0 Å². The SMILES string of the molecule is CC(C)(C)OC(=O)N1CCC(c2cnn3cc(-c4cnn([C@H]5CCCCO5)c4)ccc23)CC1. The highest BCUT2D eigenvalue weighted by molar-refractivity contribution is 5.69. The third kappa shape index (κ3) is 4.76. The lowest BCUT2D eigenvalue weighted by molar-refractivity contribution is -0.0394. The van der Waals surface area contributed by atoms with Gasteiger partial charge in [0.2, 0.25) is 0 Å². The third-order valence-corrected chi connectivity index (χ3v) is 6.52. The van der Waals surface area contributed by atoms with E-state index in [1.54, 1.807) is 0 Å². The summed E-state index contributed by atoms with van der Waals surface area (Å²) in [5.74, 6) is 0.387. The molecule has 2 aliphatic rings. The molecule has 3 aromatic rings. The number of carbonyl (C=O) groups is 1. The summed E-state index contributed by atoms with van der Waals surface area (Å²) in [6.45, 7) is 7.92. The first-order valence-corrected chi connectivity index (χ1v) is 12.0. The summed E-state index contributed by atoms with van der Waals surface area (Å²) in [6, 6.07) is 4.28. The van der Waals surface area contributed by atoms with Crippen LogP contribution in [0, 0.1) is 0 Å². The number of amides is 1. The Kier molecular flexibility index (Phi) is 5.86. The Hall–Kier alpha value is -2.87. The number of carbonyl (C=O) groups excluding carboxylic acids is 1. The van der Waals surface area contributed by atoms with Crippen molar-refractivity contribution < 1.29 is 14.3 Å². The highest BCUT2D eigenvalue weighted by Crippen LogP contribution is 2.33. The van der Waals surface area contributed by atoms with E-state index in [0.29, 0.717) is 19.0 Å². The fourth-order valence-corrected chi connectivity index (χ4v) is 4.77. The summed E-state index contributed by atoms with van der Waals surface area (Å²) < 4.78 is 15.3. The molecular weight excluding hydrogens is 418 g/mol. The van der Waals surface area contributed by atoms with Crippen LogP contribution in [0.4, 0.5) is 4.79 Å². The standard InChI is InChI=1S/C25H33N5O3/c1-25(2,3)33-24(31)28-11-9-18(10-12-28)21-15-27-29-16-19(7-8-22(21)29)20-14-26-30(17-20)23-6-4-5-13-32-23/h7-8,14-18,23H,4-6,9-13H2,1-3H3/t23-/m1/s1. The van der Waals surface area contributed by atoms with Crippen LogP contribution in [0.15, 0.2) is 36.9 Å². The van der Waals surface area contributed by atoms with Crippen LogP contribution in [0.2, 0.25) is 0 Å². The minimum absolute atomic E-state index is 0.0408. The molecule has 0 aliphatic carbocycles. The van der Waals surface area contributed by atoms with E-state index in [9.17, 15) is 4.79 Å². The fraction of sp³-hybridized carbons (Fsp3) is 0.560. The quantitative estimate of drug-likeness (QED) is 0.560. The minimum Gasteiger partial charge on any atom is -0.444 e. The number of rotatable bonds is 3. The van der Waals surface area contributed by atoms with Gasteiger partial charge in [-0.25, -0.2) is 14.0 Å². The molecule has 8 nitrogen and oxygen atoms in total. The number of ether oxygens (including phenoxy) is 2. The molecule has 5 heterocycles. The fourth-order valence-electron chi connectivity index (χ4n) is 4.77. The van der Waals surface area contributed by atoms with Crippen molar-refractivity contribution in [2.75, 3.05) is 19.7 Å². The normalized spacial score (nSPS) is 20.3. The number of piperidine rings is 1. The van der Waals surface area contributed by atoms with Gasteiger partial charge in [0.15, 0.2) is 0 Å². The molecule has 0 aromatic carbocycles. The van der Waals surface area contributed by atoms with E-state index in [4.69, 9.17) is 9.47 Å². The van der Waals surface area contributed by atoms with Gasteiger partial charge >= 0.3 is 6.09 Å². The minimum atomic E-state index is -0.464. The molecule has 33 heavy (non-hydrogen) atoms. The third-order valence-electron chi connectivity index (χ3n) is 6.52. The van der Waals surface area contributed by atoms with E-state index in [-0.39, 0.29) is 12.3 Å². The molecule has 0 N–H and O–H groups in total. The molecule has 2 fully saturated rings. The second-order valence-electron chi connectivity index (χ2n) is 10.1. The van der Waals surface area contributed by atoms with E-state index < -0.39 is 5.60 Å². The molecule has 0 unspecified atom stereocenters. The Balaban J connectivity index is 1.27. The molecule has 1 amide bonds. The van der Waals surface area contributed by atoms with Gasteiger partial charge in [-0.3, -0.25) is 0 Å². The van der Waals surface area contributed by atoms with Crippen LogP contribution >= 0.6 is 0 Å². The maximum absolute atomic E-state index is 12.4. The van der Waals surface area contributed by atoms with E-state index in [0.717, 1.165) is 48.9 Å². The Labute approximate surface area is 194 Å². The zero-order valence-electron chi connectivity index (χ0n) is 19.7. The Morgan fingerprint density at radius 2 is 1.85 bits per heavy atom. The lowest BCUT2D eigenvalue weighted by Crippen LogP contribution is -2.41. The number of fused-ring (bicyclic) bond motifs is 1. The first-order chi connectivity index (χ1) is 15.9. The molecule has 0 spiro atoms. The molecule has 176 valence electrons. The number of hydrogen-bond donors (Lipinski definition) is 0. The van der Waals surface area contributed by atoms with Gasteiger partial charge in [-0.1, -0.05) is 6.07 Å². The molecule has 5 rings (SSSR count). The highest BCUT2D eigenvalue weighted by atomic mass is 16.6. The average molecular weight is 452 g/mol. The molecule has 3 aromatic heterocycles. The van der Waals surface area contributed by atoms with Crippen LogP contribution in [-0.4, -0.2) is 55.7 Å². The summed E-state index contributed by atoms with van der Waals surface area (Å²) in [5, 5.41) is 9.18. The van der Waals surface area contributed by atoms with Gasteiger partial charge < -0.3 is 14.4 Å². The average Bonchev–Trinajstić information content (AvgIpc) is 3.46. The predicted octanol–water partition coefficient (Wildman–Crippen LogP) is 5.01. The molecule has 0 radical (unpaired) electrons. The second kappa shape index (κ2) is 8.82. The van der Waals surface area contributed by atoms with Crippen LogP contribution < -0.4 is 0 Å². The molecule has 0 bridgehead atoms. The molecule has 8 heteroatoms. The van der Waals surface area contributed by atoms with Crippen LogP contribution in [0.3, 0.4) is 0 Å². The van der Waals surface area contributed by atoms with E-state index in [1.165, 1.54) is 12.0 Å². The van der Waals surface area contributed by atoms with Crippen molar-refractivity contribution in [3.63, 3.8) is 0 Å². The van der Waals surface area contributed by atoms with Crippen LogP contribution in [0.1, 0.15) is 70.6 Å². The predicted molar refractivity (Wildman–Crippen MR) is 125 cm³/mol. The topological polar surface area (TPSA) is 73.9 Å². The zero-order valence-corrected chi connectivity index (χ0v) is 19.7. The van der Waals surface area contributed by atoms with Crippen molar-refractivity contribution in [1.29, 1.82) is 0 Å². The molecule has 2 saturated heterocycles. The van der Waals surface area contributed by atoms with Crippen LogP contribution in [0.5, 0.6) is 0 Å². The summed E-state index contributed by atoms with van der Waals surface area (Å²) in [6.07, 6.45) is 13.0. The van der Waals surface area contributed by atoms with Gasteiger partial charge in [-0.05, 0) is 64.9 Å². The first kappa shape index (κ1) is 21.9. The zero-order chi connectivity index (χ0) is 23.0. The van der Waals surface area contributed by atoms with E-state index >= 15 is 0 Å². The lowest BCUT2D eigenvalue weighted by Gasteiger charge is -2.33. The maximum Gasteiger partial charge on any atom is 0.410 e. The number of aromatic nitrogens is 4. The van der Waals surface area contributed by atoms with Crippen LogP contribution in [0.25, 0.3) is 16.6 Å². The molecular formula is C25H33N5O3.